The fourth-order valence-corrected chi connectivity index (χ4v) is 3.23. The lowest BCUT2D eigenvalue weighted by Gasteiger charge is -2.07. The molecule has 3 aromatic rings. The highest BCUT2D eigenvalue weighted by molar-refractivity contribution is 9.10. The second-order valence-corrected chi connectivity index (χ2v) is 7.76. The number of aryl methyl sites for hydroxylation is 1. The molecule has 6 nitrogen and oxygen atoms in total. The van der Waals surface area contributed by atoms with E-state index in [9.17, 15) is 4.79 Å². The van der Waals surface area contributed by atoms with Crippen molar-refractivity contribution in [3.8, 4) is 5.75 Å². The van der Waals surface area contributed by atoms with E-state index in [-0.39, 0.29) is 11.7 Å². The number of carbonyl (C=O) groups excluding carboxylic acids is 1. The molecule has 0 atom stereocenters. The Hall–Kier alpha value is -2.32. The molecule has 1 N–H and O–H groups in total. The normalized spacial score (nSPS) is 10.6. The van der Waals surface area contributed by atoms with Crippen molar-refractivity contribution in [3.05, 3.63) is 64.4 Å². The lowest BCUT2D eigenvalue weighted by atomic mass is 10.2. The lowest BCUT2D eigenvalue weighted by molar-refractivity contribution is -0.113. The van der Waals surface area contributed by atoms with E-state index in [2.05, 4.69) is 31.4 Å². The van der Waals surface area contributed by atoms with Gasteiger partial charge in [0.2, 0.25) is 5.91 Å². The standard InChI is InChI=1S/C19H19BrN4O2S/c1-13-3-9-16(10-4-13)26-11-17-22-23-19(24(17)2)27-12-18(25)21-15-7-5-14(20)6-8-15/h3-10H,11-12H2,1-2H3,(H,21,25). The van der Waals surface area contributed by atoms with Crippen molar-refractivity contribution in [1.29, 1.82) is 0 Å². The van der Waals surface area contributed by atoms with E-state index in [1.54, 1.807) is 0 Å². The predicted molar refractivity (Wildman–Crippen MR) is 110 cm³/mol. The Morgan fingerprint density at radius 3 is 2.56 bits per heavy atom. The average molecular weight is 447 g/mol. The molecule has 1 amide bonds. The number of halogens is 1. The molecule has 0 aliphatic carbocycles. The van der Waals surface area contributed by atoms with Crippen LogP contribution in [0.2, 0.25) is 0 Å². The third-order valence-electron chi connectivity index (χ3n) is 3.77. The van der Waals surface area contributed by atoms with Crippen LogP contribution in [0, 0.1) is 6.92 Å². The number of amides is 1. The van der Waals surface area contributed by atoms with Crippen molar-refractivity contribution in [2.75, 3.05) is 11.1 Å². The van der Waals surface area contributed by atoms with Crippen molar-refractivity contribution in [2.24, 2.45) is 7.05 Å². The molecule has 0 spiro atoms. The summed E-state index contributed by atoms with van der Waals surface area (Å²) in [4.78, 5) is 12.1. The van der Waals surface area contributed by atoms with Crippen LogP contribution in [0.15, 0.2) is 58.2 Å². The summed E-state index contributed by atoms with van der Waals surface area (Å²) in [5.41, 5.74) is 1.94. The van der Waals surface area contributed by atoms with Crippen molar-refractivity contribution >= 4 is 39.3 Å². The molecule has 0 radical (unpaired) electrons. The number of hydrogen-bond donors (Lipinski definition) is 1. The molecular formula is C19H19BrN4O2S. The van der Waals surface area contributed by atoms with E-state index >= 15 is 0 Å². The summed E-state index contributed by atoms with van der Waals surface area (Å²) in [5.74, 6) is 1.64. The van der Waals surface area contributed by atoms with Gasteiger partial charge >= 0.3 is 0 Å². The molecule has 0 aliphatic heterocycles. The molecule has 0 saturated heterocycles. The molecule has 0 unspecified atom stereocenters. The maximum atomic E-state index is 12.1. The van der Waals surface area contributed by atoms with E-state index in [1.165, 1.54) is 17.3 Å². The number of benzene rings is 2. The van der Waals surface area contributed by atoms with Crippen LogP contribution >= 0.6 is 27.7 Å². The van der Waals surface area contributed by atoms with E-state index in [0.29, 0.717) is 17.6 Å². The molecule has 1 heterocycles. The molecule has 1 aromatic heterocycles. The molecular weight excluding hydrogens is 428 g/mol. The first-order valence-electron chi connectivity index (χ1n) is 8.27. The molecule has 140 valence electrons. The van der Waals surface area contributed by atoms with E-state index in [1.807, 2.05) is 67.1 Å². The minimum absolute atomic E-state index is 0.0947. The first-order chi connectivity index (χ1) is 13.0. The Balaban J connectivity index is 1.51. The van der Waals surface area contributed by atoms with Crippen molar-refractivity contribution in [1.82, 2.24) is 14.8 Å². The minimum atomic E-state index is -0.0947. The Morgan fingerprint density at radius 2 is 1.85 bits per heavy atom. The monoisotopic (exact) mass is 446 g/mol. The topological polar surface area (TPSA) is 69.0 Å². The number of aromatic nitrogens is 3. The van der Waals surface area contributed by atoms with Gasteiger partial charge in [-0.05, 0) is 43.3 Å². The molecule has 3 rings (SSSR count). The first kappa shape index (κ1) is 19.4. The molecule has 27 heavy (non-hydrogen) atoms. The summed E-state index contributed by atoms with van der Waals surface area (Å²) in [6.45, 7) is 2.35. The van der Waals surface area contributed by atoms with Crippen molar-refractivity contribution in [2.45, 2.75) is 18.7 Å². The Kier molecular flexibility index (Phi) is 6.52. The highest BCUT2D eigenvalue weighted by Gasteiger charge is 2.12. The number of nitrogens with one attached hydrogen (secondary N) is 1. The van der Waals surface area contributed by atoms with Gasteiger partial charge in [-0.3, -0.25) is 4.79 Å². The lowest BCUT2D eigenvalue weighted by Crippen LogP contribution is -2.14. The molecule has 0 bridgehead atoms. The fraction of sp³-hybridized carbons (Fsp3) is 0.211. The predicted octanol–water partition coefficient (Wildman–Crippen LogP) is 4.20. The van der Waals surface area contributed by atoms with E-state index < -0.39 is 0 Å². The summed E-state index contributed by atoms with van der Waals surface area (Å²) < 4.78 is 8.55. The second-order valence-electron chi connectivity index (χ2n) is 5.90. The molecule has 0 saturated carbocycles. The molecule has 0 fully saturated rings. The van der Waals surface area contributed by atoms with Gasteiger partial charge in [-0.1, -0.05) is 45.4 Å². The number of anilines is 1. The largest absolute Gasteiger partial charge is 0.486 e. The van der Waals surface area contributed by atoms with Crippen LogP contribution in [0.4, 0.5) is 5.69 Å². The van der Waals surface area contributed by atoms with Crippen molar-refractivity contribution in [3.63, 3.8) is 0 Å². The number of rotatable bonds is 7. The van der Waals surface area contributed by atoms with Crippen LogP contribution in [-0.2, 0) is 18.4 Å². The van der Waals surface area contributed by atoms with Crippen molar-refractivity contribution < 1.29 is 9.53 Å². The van der Waals surface area contributed by atoms with Crippen LogP contribution in [0.1, 0.15) is 11.4 Å². The average Bonchev–Trinajstić information content (AvgIpc) is 3.01. The van der Waals surface area contributed by atoms with Gasteiger partial charge in [0.15, 0.2) is 11.0 Å². The number of thioether (sulfide) groups is 1. The SMILES string of the molecule is Cc1ccc(OCc2nnc(SCC(=O)Nc3ccc(Br)cc3)n2C)cc1. The summed E-state index contributed by atoms with van der Waals surface area (Å²) in [6, 6.07) is 15.3. The second kappa shape index (κ2) is 9.05. The molecule has 0 aliphatic rings. The zero-order valence-electron chi connectivity index (χ0n) is 15.0. The van der Waals surface area contributed by atoms with Crippen LogP contribution in [-0.4, -0.2) is 26.4 Å². The zero-order valence-corrected chi connectivity index (χ0v) is 17.4. The van der Waals surface area contributed by atoms with E-state index in [0.717, 1.165) is 15.9 Å². The maximum Gasteiger partial charge on any atom is 0.234 e. The van der Waals surface area contributed by atoms with Gasteiger partial charge in [-0.25, -0.2) is 0 Å². The fourth-order valence-electron chi connectivity index (χ4n) is 2.24. The minimum Gasteiger partial charge on any atom is -0.486 e. The number of hydrogen-bond acceptors (Lipinski definition) is 5. The summed E-state index contributed by atoms with van der Waals surface area (Å²) in [7, 11) is 1.86. The van der Waals surface area contributed by atoms with Gasteiger partial charge in [-0.2, -0.15) is 0 Å². The highest BCUT2D eigenvalue weighted by atomic mass is 79.9. The number of ether oxygens (including phenoxy) is 1. The summed E-state index contributed by atoms with van der Waals surface area (Å²) >= 11 is 4.70. The Bertz CT molecular complexity index is 910. The Morgan fingerprint density at radius 1 is 1.15 bits per heavy atom. The smallest absolute Gasteiger partial charge is 0.234 e. The van der Waals surface area contributed by atoms with E-state index in [4.69, 9.17) is 4.74 Å². The number of carbonyl (C=O) groups is 1. The maximum absolute atomic E-state index is 12.1. The third kappa shape index (κ3) is 5.58. The quantitative estimate of drug-likeness (QED) is 0.550. The third-order valence-corrected chi connectivity index (χ3v) is 5.32. The zero-order chi connectivity index (χ0) is 19.2. The Labute approximate surface area is 170 Å². The highest BCUT2D eigenvalue weighted by Crippen LogP contribution is 2.19. The summed E-state index contributed by atoms with van der Waals surface area (Å²) in [5, 5.41) is 11.8. The molecule has 2 aromatic carbocycles. The van der Waals surface area contributed by atoms with Crippen LogP contribution in [0.3, 0.4) is 0 Å². The van der Waals surface area contributed by atoms with Gasteiger partial charge in [0.25, 0.3) is 0 Å². The van der Waals surface area contributed by atoms with Gasteiger partial charge in [-0.15, -0.1) is 10.2 Å². The number of nitrogens with zero attached hydrogens (tertiary/aromatic N) is 3. The van der Waals surface area contributed by atoms with Gasteiger partial charge in [0.05, 0.1) is 5.75 Å². The van der Waals surface area contributed by atoms with Gasteiger partial charge in [0.1, 0.15) is 12.4 Å². The molecule has 8 heteroatoms. The first-order valence-corrected chi connectivity index (χ1v) is 10.0. The van der Waals surface area contributed by atoms with Crippen LogP contribution < -0.4 is 10.1 Å². The van der Waals surface area contributed by atoms with Crippen LogP contribution in [0.25, 0.3) is 0 Å². The van der Waals surface area contributed by atoms with Gasteiger partial charge < -0.3 is 14.6 Å². The van der Waals surface area contributed by atoms with Gasteiger partial charge in [0, 0.05) is 17.2 Å². The van der Waals surface area contributed by atoms with Crippen LogP contribution in [0.5, 0.6) is 5.75 Å². The summed E-state index contributed by atoms with van der Waals surface area (Å²) in [6.07, 6.45) is 0.